The number of rotatable bonds is 8. The van der Waals surface area contributed by atoms with Gasteiger partial charge in [0.15, 0.2) is 5.76 Å². The summed E-state index contributed by atoms with van der Waals surface area (Å²) in [6.07, 6.45) is 4.82. The molecule has 0 unspecified atom stereocenters. The molecule has 2 amide bonds. The van der Waals surface area contributed by atoms with E-state index in [4.69, 9.17) is 4.42 Å². The smallest absolute Gasteiger partial charge is 0.269 e. The van der Waals surface area contributed by atoms with Gasteiger partial charge in [-0.15, -0.1) is 0 Å². The summed E-state index contributed by atoms with van der Waals surface area (Å²) in [4.78, 5) is 25.9. The maximum atomic E-state index is 12.5. The molecule has 0 aromatic carbocycles. The molecular weight excluding hydrogens is 320 g/mol. The first-order valence-electron chi connectivity index (χ1n) is 8.86. The first kappa shape index (κ1) is 17.3. The van der Waals surface area contributed by atoms with Crippen LogP contribution in [0.2, 0.25) is 0 Å². The van der Waals surface area contributed by atoms with Gasteiger partial charge >= 0.3 is 0 Å². The molecule has 134 valence electrons. The van der Waals surface area contributed by atoms with Crippen LogP contribution in [0.25, 0.3) is 11.5 Å². The molecule has 1 aliphatic heterocycles. The van der Waals surface area contributed by atoms with Gasteiger partial charge in [-0.05, 0) is 31.4 Å². The highest BCUT2D eigenvalue weighted by Gasteiger charge is 2.20. The monoisotopic (exact) mass is 344 g/mol. The molecule has 0 spiro atoms. The SMILES string of the molecule is CCCn1nc(-c2ccco2)cc1C(=O)NCCCN1CCCC1=O. The number of aromatic nitrogens is 2. The Morgan fingerprint density at radius 2 is 2.28 bits per heavy atom. The van der Waals surface area contributed by atoms with Gasteiger partial charge in [-0.3, -0.25) is 14.3 Å². The van der Waals surface area contributed by atoms with Gasteiger partial charge in [0.2, 0.25) is 5.91 Å². The van der Waals surface area contributed by atoms with E-state index in [0.717, 1.165) is 25.8 Å². The minimum absolute atomic E-state index is 0.147. The Morgan fingerprint density at radius 1 is 1.40 bits per heavy atom. The zero-order chi connectivity index (χ0) is 17.6. The first-order chi connectivity index (χ1) is 12.2. The van der Waals surface area contributed by atoms with Gasteiger partial charge < -0.3 is 14.6 Å². The van der Waals surface area contributed by atoms with E-state index < -0.39 is 0 Å². The predicted octanol–water partition coefficient (Wildman–Crippen LogP) is 2.30. The van der Waals surface area contributed by atoms with E-state index in [2.05, 4.69) is 10.4 Å². The largest absolute Gasteiger partial charge is 0.463 e. The second kappa shape index (κ2) is 8.00. The summed E-state index contributed by atoms with van der Waals surface area (Å²) in [6, 6.07) is 5.38. The molecule has 0 saturated carbocycles. The number of carbonyl (C=O) groups is 2. The predicted molar refractivity (Wildman–Crippen MR) is 93.0 cm³/mol. The van der Waals surface area contributed by atoms with Crippen LogP contribution >= 0.6 is 0 Å². The fraction of sp³-hybridized carbons (Fsp3) is 0.500. The summed E-state index contributed by atoms with van der Waals surface area (Å²) in [7, 11) is 0. The fourth-order valence-electron chi connectivity index (χ4n) is 3.03. The summed E-state index contributed by atoms with van der Waals surface area (Å²) in [5, 5.41) is 7.40. The van der Waals surface area contributed by atoms with Gasteiger partial charge in [-0.25, -0.2) is 0 Å². The van der Waals surface area contributed by atoms with E-state index in [1.807, 2.05) is 17.9 Å². The van der Waals surface area contributed by atoms with Crippen LogP contribution in [0.5, 0.6) is 0 Å². The molecule has 0 bridgehead atoms. The van der Waals surface area contributed by atoms with Gasteiger partial charge in [-0.2, -0.15) is 5.10 Å². The quantitative estimate of drug-likeness (QED) is 0.745. The van der Waals surface area contributed by atoms with Gasteiger partial charge in [-0.1, -0.05) is 6.92 Å². The molecule has 2 aromatic rings. The molecule has 1 fully saturated rings. The van der Waals surface area contributed by atoms with Crippen molar-refractivity contribution in [2.45, 2.75) is 39.2 Å². The van der Waals surface area contributed by atoms with Crippen molar-refractivity contribution in [2.75, 3.05) is 19.6 Å². The Kier molecular flexibility index (Phi) is 5.53. The summed E-state index contributed by atoms with van der Waals surface area (Å²) < 4.78 is 7.09. The topological polar surface area (TPSA) is 80.4 Å². The molecule has 1 N–H and O–H groups in total. The molecule has 1 aliphatic rings. The zero-order valence-electron chi connectivity index (χ0n) is 14.5. The lowest BCUT2D eigenvalue weighted by molar-refractivity contribution is -0.127. The van der Waals surface area contributed by atoms with Crippen LogP contribution in [-0.4, -0.2) is 46.1 Å². The van der Waals surface area contributed by atoms with Gasteiger partial charge in [0.25, 0.3) is 5.91 Å². The lowest BCUT2D eigenvalue weighted by atomic mass is 10.3. The van der Waals surface area contributed by atoms with Crippen molar-refractivity contribution in [2.24, 2.45) is 0 Å². The Hall–Kier alpha value is -2.57. The van der Waals surface area contributed by atoms with E-state index in [-0.39, 0.29) is 11.8 Å². The molecule has 3 rings (SSSR count). The normalized spacial score (nSPS) is 14.3. The average Bonchev–Trinajstić information content (AvgIpc) is 3.32. The Balaban J connectivity index is 1.58. The van der Waals surface area contributed by atoms with Crippen LogP contribution in [0, 0.1) is 0 Å². The van der Waals surface area contributed by atoms with Crippen molar-refractivity contribution in [3.05, 3.63) is 30.2 Å². The van der Waals surface area contributed by atoms with Gasteiger partial charge in [0.1, 0.15) is 11.4 Å². The van der Waals surface area contributed by atoms with Crippen LogP contribution in [0.3, 0.4) is 0 Å². The lowest BCUT2D eigenvalue weighted by Gasteiger charge is -2.15. The Morgan fingerprint density at radius 3 is 2.96 bits per heavy atom. The maximum Gasteiger partial charge on any atom is 0.269 e. The molecule has 1 saturated heterocycles. The number of hydrogen-bond donors (Lipinski definition) is 1. The van der Waals surface area contributed by atoms with Crippen LogP contribution in [0.4, 0.5) is 0 Å². The number of nitrogens with zero attached hydrogens (tertiary/aromatic N) is 3. The second-order valence-corrected chi connectivity index (χ2v) is 6.21. The lowest BCUT2D eigenvalue weighted by Crippen LogP contribution is -2.31. The van der Waals surface area contributed by atoms with Gasteiger partial charge in [0.05, 0.1) is 6.26 Å². The zero-order valence-corrected chi connectivity index (χ0v) is 14.5. The summed E-state index contributed by atoms with van der Waals surface area (Å²) >= 11 is 0. The van der Waals surface area contributed by atoms with E-state index in [1.54, 1.807) is 23.1 Å². The van der Waals surface area contributed by atoms with Crippen molar-refractivity contribution in [3.63, 3.8) is 0 Å². The van der Waals surface area contributed by atoms with Crippen molar-refractivity contribution in [1.82, 2.24) is 20.0 Å². The standard InChI is InChI=1S/C18H24N4O3/c1-2-9-22-15(13-14(20-22)16-6-4-12-25-16)18(24)19-8-5-11-21-10-3-7-17(21)23/h4,6,12-13H,2-3,5,7-11H2,1H3,(H,19,24). The van der Waals surface area contributed by atoms with Crippen LogP contribution < -0.4 is 5.32 Å². The van der Waals surface area contributed by atoms with E-state index in [0.29, 0.717) is 43.2 Å². The molecule has 0 radical (unpaired) electrons. The van der Waals surface area contributed by atoms with Crippen molar-refractivity contribution in [1.29, 1.82) is 0 Å². The Bertz CT molecular complexity index is 721. The maximum absolute atomic E-state index is 12.5. The summed E-state index contributed by atoms with van der Waals surface area (Å²) in [5.74, 6) is 0.721. The molecule has 0 atom stereocenters. The average molecular weight is 344 g/mol. The van der Waals surface area contributed by atoms with Crippen LogP contribution in [0.1, 0.15) is 43.1 Å². The molecule has 7 nitrogen and oxygen atoms in total. The highest BCUT2D eigenvalue weighted by Crippen LogP contribution is 2.20. The number of carbonyl (C=O) groups excluding carboxylic acids is 2. The highest BCUT2D eigenvalue weighted by atomic mass is 16.3. The third-order valence-electron chi connectivity index (χ3n) is 4.28. The Labute approximate surface area is 147 Å². The highest BCUT2D eigenvalue weighted by molar-refractivity contribution is 5.93. The van der Waals surface area contributed by atoms with Crippen molar-refractivity contribution < 1.29 is 14.0 Å². The van der Waals surface area contributed by atoms with Crippen molar-refractivity contribution >= 4 is 11.8 Å². The number of furan rings is 1. The molecule has 3 heterocycles. The number of hydrogen-bond acceptors (Lipinski definition) is 4. The van der Waals surface area contributed by atoms with E-state index in [1.165, 1.54) is 0 Å². The number of aryl methyl sites for hydroxylation is 1. The van der Waals surface area contributed by atoms with Crippen LogP contribution in [0.15, 0.2) is 28.9 Å². The molecule has 0 aliphatic carbocycles. The minimum Gasteiger partial charge on any atom is -0.463 e. The number of nitrogens with one attached hydrogen (secondary N) is 1. The van der Waals surface area contributed by atoms with Crippen molar-refractivity contribution in [3.8, 4) is 11.5 Å². The van der Waals surface area contributed by atoms with Crippen LogP contribution in [-0.2, 0) is 11.3 Å². The number of amides is 2. The molecule has 25 heavy (non-hydrogen) atoms. The summed E-state index contributed by atoms with van der Waals surface area (Å²) in [6.45, 7) is 4.79. The summed E-state index contributed by atoms with van der Waals surface area (Å²) in [5.41, 5.74) is 1.19. The molecule has 7 heteroatoms. The fourth-order valence-corrected chi connectivity index (χ4v) is 3.03. The minimum atomic E-state index is -0.147. The third-order valence-corrected chi connectivity index (χ3v) is 4.28. The van der Waals surface area contributed by atoms with E-state index >= 15 is 0 Å². The third kappa shape index (κ3) is 4.10. The second-order valence-electron chi connectivity index (χ2n) is 6.21. The van der Waals surface area contributed by atoms with E-state index in [9.17, 15) is 9.59 Å². The molecular formula is C18H24N4O3. The molecule has 2 aromatic heterocycles. The first-order valence-corrected chi connectivity index (χ1v) is 8.86. The number of likely N-dealkylation sites (tertiary alicyclic amines) is 1. The van der Waals surface area contributed by atoms with Gasteiger partial charge in [0, 0.05) is 38.7 Å².